The molecule has 0 bridgehead atoms. The van der Waals surface area contributed by atoms with Gasteiger partial charge in [-0.25, -0.2) is 0 Å². The second kappa shape index (κ2) is 9.69. The number of ether oxygens (including phenoxy) is 2. The number of fused-ring (bicyclic) bond motifs is 7. The molecule has 3 aliphatic heterocycles. The fourth-order valence-corrected chi connectivity index (χ4v) is 12.0. The van der Waals surface area contributed by atoms with Gasteiger partial charge >= 0.3 is 0 Å². The Morgan fingerprint density at radius 1 is 0.872 bits per heavy atom. The first kappa shape index (κ1) is 27.2. The van der Waals surface area contributed by atoms with Gasteiger partial charge in [0.2, 0.25) is 5.91 Å². The van der Waals surface area contributed by atoms with Gasteiger partial charge in [0.15, 0.2) is 5.79 Å². The number of hydrogen-bond acceptors (Lipinski definition) is 4. The van der Waals surface area contributed by atoms with Gasteiger partial charge in [0.1, 0.15) is 0 Å². The van der Waals surface area contributed by atoms with Crippen molar-refractivity contribution in [2.45, 2.75) is 123 Å². The van der Waals surface area contributed by atoms with E-state index in [-0.39, 0.29) is 11.7 Å². The van der Waals surface area contributed by atoms with E-state index in [2.05, 4.69) is 45.0 Å². The van der Waals surface area contributed by atoms with Crippen molar-refractivity contribution >= 4 is 5.91 Å². The Kier molecular flexibility index (Phi) is 6.76. The van der Waals surface area contributed by atoms with E-state index in [0.717, 1.165) is 62.6 Å². The molecular weight excluding hydrogens is 484 g/mol. The van der Waals surface area contributed by atoms with E-state index in [1.807, 2.05) is 0 Å². The Morgan fingerprint density at radius 3 is 2.38 bits per heavy atom. The average Bonchev–Trinajstić information content (AvgIpc) is 3.36. The van der Waals surface area contributed by atoms with Crippen molar-refractivity contribution in [3.8, 4) is 0 Å². The van der Waals surface area contributed by atoms with Crippen molar-refractivity contribution in [1.82, 2.24) is 10.2 Å². The maximum absolute atomic E-state index is 13.1. The highest BCUT2D eigenvalue weighted by atomic mass is 16.7. The summed E-state index contributed by atoms with van der Waals surface area (Å²) >= 11 is 0. The summed E-state index contributed by atoms with van der Waals surface area (Å²) in [6.07, 6.45) is 15.3. The largest absolute Gasteiger partial charge is 0.353 e. The lowest BCUT2D eigenvalue weighted by Crippen LogP contribution is -2.56. The summed E-state index contributed by atoms with van der Waals surface area (Å²) in [5.74, 6) is 5.42. The summed E-state index contributed by atoms with van der Waals surface area (Å²) in [5.41, 5.74) is 0.858. The predicted molar refractivity (Wildman–Crippen MR) is 154 cm³/mol. The predicted octanol–water partition coefficient (Wildman–Crippen LogP) is 6.26. The van der Waals surface area contributed by atoms with Crippen LogP contribution in [0.15, 0.2) is 0 Å². The van der Waals surface area contributed by atoms with Crippen LogP contribution in [-0.2, 0) is 14.3 Å². The zero-order chi connectivity index (χ0) is 27.2. The molecule has 1 amide bonds. The summed E-state index contributed by atoms with van der Waals surface area (Å²) in [5, 5.41) is 3.55. The summed E-state index contributed by atoms with van der Waals surface area (Å²) in [7, 11) is 2.17. The fourth-order valence-electron chi connectivity index (χ4n) is 12.0. The van der Waals surface area contributed by atoms with Crippen LogP contribution < -0.4 is 5.32 Å². The van der Waals surface area contributed by atoms with Crippen LogP contribution >= 0.6 is 0 Å². The molecule has 3 saturated heterocycles. The molecule has 5 heteroatoms. The van der Waals surface area contributed by atoms with Crippen LogP contribution in [0.2, 0.25) is 0 Å². The molecule has 0 radical (unpaired) electrons. The summed E-state index contributed by atoms with van der Waals surface area (Å²) in [4.78, 5) is 15.5. The first-order chi connectivity index (χ1) is 18.6. The monoisotopic (exact) mass is 540 g/mol. The Morgan fingerprint density at radius 2 is 1.64 bits per heavy atom. The average molecular weight is 541 g/mol. The minimum Gasteiger partial charge on any atom is -0.353 e. The molecule has 0 aromatic heterocycles. The van der Waals surface area contributed by atoms with Crippen LogP contribution in [0.5, 0.6) is 0 Å². The fraction of sp³-hybridized carbons (Fsp3) is 0.971. The van der Waals surface area contributed by atoms with Crippen molar-refractivity contribution in [3.05, 3.63) is 0 Å². The third kappa shape index (κ3) is 4.21. The van der Waals surface area contributed by atoms with Crippen molar-refractivity contribution in [2.75, 3.05) is 26.7 Å². The highest BCUT2D eigenvalue weighted by molar-refractivity contribution is 5.79. The Bertz CT molecular complexity index is 939. The van der Waals surface area contributed by atoms with E-state index in [0.29, 0.717) is 46.6 Å². The second-order valence-electron chi connectivity index (χ2n) is 16.2. The Hall–Kier alpha value is -0.650. The number of likely N-dealkylation sites (tertiary alicyclic amines) is 1. The molecule has 7 fully saturated rings. The molecule has 1 N–H and O–H groups in total. The Balaban J connectivity index is 1.02. The number of hydrogen-bond donors (Lipinski definition) is 1. The second-order valence-corrected chi connectivity index (χ2v) is 16.2. The molecule has 4 aliphatic carbocycles. The zero-order valence-electron chi connectivity index (χ0n) is 25.6. The summed E-state index contributed by atoms with van der Waals surface area (Å²) in [6, 6.07) is 0.398. The third-order valence-electron chi connectivity index (χ3n) is 14.4. The highest BCUT2D eigenvalue weighted by Gasteiger charge is 2.69. The van der Waals surface area contributed by atoms with E-state index >= 15 is 0 Å². The van der Waals surface area contributed by atoms with Crippen LogP contribution in [0.4, 0.5) is 0 Å². The van der Waals surface area contributed by atoms with Gasteiger partial charge in [-0.1, -0.05) is 27.7 Å². The van der Waals surface area contributed by atoms with Crippen LogP contribution in [0.25, 0.3) is 0 Å². The molecule has 3 heterocycles. The summed E-state index contributed by atoms with van der Waals surface area (Å²) in [6.45, 7) is 13.1. The first-order valence-corrected chi connectivity index (χ1v) is 16.9. The molecule has 1 unspecified atom stereocenters. The number of nitrogens with one attached hydrogen (secondary N) is 1. The lowest BCUT2D eigenvalue weighted by molar-refractivity contribution is -0.273. The molecule has 7 aliphatic rings. The van der Waals surface area contributed by atoms with Gasteiger partial charge in [-0.15, -0.1) is 0 Å². The first-order valence-electron chi connectivity index (χ1n) is 16.9. The van der Waals surface area contributed by atoms with Gasteiger partial charge < -0.3 is 19.7 Å². The van der Waals surface area contributed by atoms with Crippen molar-refractivity contribution in [1.29, 1.82) is 0 Å². The maximum atomic E-state index is 13.1. The SMILES string of the molecule is C[C@H]1CC[C@@]2(OC1)O[C@H]1C[C@H]3[C@@H]4CC[C@@H]5CC(NC(=O)C6CCN(C)CC6)CC[C@]5(C)[C@H]4CC[C@]3(C)[C@H]1[C@@H]2C. The molecule has 12 atom stereocenters. The number of piperidine rings is 1. The van der Waals surface area contributed by atoms with E-state index in [1.54, 1.807) is 0 Å². The molecule has 0 aromatic carbocycles. The quantitative estimate of drug-likeness (QED) is 0.449. The lowest BCUT2D eigenvalue weighted by Gasteiger charge is -2.61. The number of nitrogens with zero attached hydrogens (tertiary/aromatic N) is 1. The topological polar surface area (TPSA) is 50.8 Å². The van der Waals surface area contributed by atoms with Gasteiger partial charge in [0, 0.05) is 24.3 Å². The molecular formula is C34H56N2O3. The van der Waals surface area contributed by atoms with Crippen molar-refractivity contribution in [2.24, 2.45) is 58.2 Å². The minimum absolute atomic E-state index is 0.231. The van der Waals surface area contributed by atoms with Crippen LogP contribution in [0.3, 0.4) is 0 Å². The lowest BCUT2D eigenvalue weighted by atomic mass is 9.44. The van der Waals surface area contributed by atoms with Gasteiger partial charge in [0.05, 0.1) is 12.7 Å². The van der Waals surface area contributed by atoms with Crippen molar-refractivity contribution in [3.63, 3.8) is 0 Å². The smallest absolute Gasteiger partial charge is 0.223 e. The third-order valence-corrected chi connectivity index (χ3v) is 14.4. The van der Waals surface area contributed by atoms with Crippen LogP contribution in [0, 0.1) is 58.2 Å². The number of carbonyl (C=O) groups is 1. The molecule has 4 saturated carbocycles. The highest BCUT2D eigenvalue weighted by Crippen LogP contribution is 2.71. The Labute approximate surface area is 237 Å². The number of amides is 1. The van der Waals surface area contributed by atoms with Gasteiger partial charge in [-0.2, -0.15) is 0 Å². The number of rotatable bonds is 2. The zero-order valence-corrected chi connectivity index (χ0v) is 25.6. The maximum Gasteiger partial charge on any atom is 0.223 e. The van der Waals surface area contributed by atoms with Gasteiger partial charge in [-0.05, 0) is 137 Å². The van der Waals surface area contributed by atoms with E-state index in [9.17, 15) is 4.79 Å². The minimum atomic E-state index is -0.299. The van der Waals surface area contributed by atoms with Crippen LogP contribution in [0.1, 0.15) is 105 Å². The van der Waals surface area contributed by atoms with E-state index in [1.165, 1.54) is 57.8 Å². The van der Waals surface area contributed by atoms with Gasteiger partial charge in [-0.3, -0.25) is 4.79 Å². The molecule has 1 spiro atoms. The number of carbonyl (C=O) groups excluding carboxylic acids is 1. The molecule has 7 rings (SSSR count). The normalized spacial score (nSPS) is 54.0. The van der Waals surface area contributed by atoms with Crippen molar-refractivity contribution < 1.29 is 14.3 Å². The van der Waals surface area contributed by atoms with E-state index in [4.69, 9.17) is 9.47 Å². The summed E-state index contributed by atoms with van der Waals surface area (Å²) < 4.78 is 13.5. The van der Waals surface area contributed by atoms with Gasteiger partial charge in [0.25, 0.3) is 0 Å². The standard InChI is InChI=1S/C34H56N2O3/c1-21-8-15-34(38-20-21)22(2)30-29(39-34)19-28-26-7-6-24-18-25(35-31(37)23-11-16-36(5)17-12-23)9-13-32(24,3)27(26)10-14-33(28,30)4/h21-30H,6-20H2,1-5H3,(H,35,37)/t21-,22-,24+,25?,26+,27-,28-,29-,30-,32-,33-,34+/m0/s1. The molecule has 39 heavy (non-hydrogen) atoms. The molecule has 0 aromatic rings. The molecule has 220 valence electrons. The molecule has 5 nitrogen and oxygen atoms in total. The van der Waals surface area contributed by atoms with Crippen LogP contribution in [-0.4, -0.2) is 55.5 Å². The van der Waals surface area contributed by atoms with E-state index < -0.39 is 0 Å².